The Kier molecular flexibility index (Phi) is 5.09. The quantitative estimate of drug-likeness (QED) is 0.384. The van der Waals surface area contributed by atoms with Gasteiger partial charge in [0.05, 0.1) is 12.6 Å². The van der Waals surface area contributed by atoms with E-state index in [2.05, 4.69) is 105 Å². The average molecular weight is 487 g/mol. The largest absolute Gasteiger partial charge is 0.497 e. The highest BCUT2D eigenvalue weighted by atomic mass is 32.2. The molecular weight excluding hydrogens is 456 g/mol. The number of methoxy groups -OCH3 is 1. The first kappa shape index (κ1) is 22.1. The van der Waals surface area contributed by atoms with Crippen molar-refractivity contribution < 1.29 is 4.74 Å². The molecule has 3 aromatic rings. The van der Waals surface area contributed by atoms with Crippen LogP contribution in [0.4, 0.5) is 5.69 Å². The van der Waals surface area contributed by atoms with Crippen LogP contribution in [0.5, 0.6) is 5.75 Å². The molecular formula is C29H30N2OS2. The van der Waals surface area contributed by atoms with Crippen LogP contribution < -0.4 is 9.64 Å². The average Bonchev–Trinajstić information content (AvgIpc) is 3.18. The van der Waals surface area contributed by atoms with Crippen LogP contribution in [0.3, 0.4) is 0 Å². The zero-order valence-electron chi connectivity index (χ0n) is 20.1. The smallest absolute Gasteiger partial charge is 0.145 e. The third-order valence-electron chi connectivity index (χ3n) is 7.06. The highest BCUT2D eigenvalue weighted by Gasteiger charge is 2.72. The van der Waals surface area contributed by atoms with Gasteiger partial charge in [0.25, 0.3) is 0 Å². The fourth-order valence-electron chi connectivity index (χ4n) is 5.88. The van der Waals surface area contributed by atoms with E-state index in [9.17, 15) is 0 Å². The molecule has 3 aliphatic heterocycles. The number of ether oxygens (including phenoxy) is 1. The maximum Gasteiger partial charge on any atom is 0.145 e. The Hall–Kier alpha value is -2.37. The first-order chi connectivity index (χ1) is 16.4. The van der Waals surface area contributed by atoms with Crippen molar-refractivity contribution in [2.75, 3.05) is 12.0 Å². The number of benzene rings is 3. The normalized spacial score (nSPS) is 28.3. The monoisotopic (exact) mass is 486 g/mol. The summed E-state index contributed by atoms with van der Waals surface area (Å²) in [6.07, 6.45) is 2.18. The van der Waals surface area contributed by atoms with E-state index in [1.807, 2.05) is 23.5 Å². The highest BCUT2D eigenvalue weighted by molar-refractivity contribution is 8.26. The van der Waals surface area contributed by atoms with Gasteiger partial charge in [-0.3, -0.25) is 4.99 Å². The van der Waals surface area contributed by atoms with Crippen LogP contribution in [0.15, 0.2) is 88.8 Å². The molecule has 5 heteroatoms. The van der Waals surface area contributed by atoms with E-state index in [4.69, 9.17) is 9.73 Å². The van der Waals surface area contributed by atoms with E-state index in [0.29, 0.717) is 5.92 Å². The highest BCUT2D eigenvalue weighted by Crippen LogP contribution is 2.73. The third-order valence-corrected chi connectivity index (χ3v) is 10.00. The molecule has 2 fully saturated rings. The van der Waals surface area contributed by atoms with E-state index in [1.165, 1.54) is 26.8 Å². The van der Waals surface area contributed by atoms with Crippen LogP contribution in [0.1, 0.15) is 38.3 Å². The topological polar surface area (TPSA) is 24.8 Å². The molecule has 3 aliphatic rings. The van der Waals surface area contributed by atoms with E-state index >= 15 is 0 Å². The number of fused-ring (bicyclic) bond motifs is 1. The lowest BCUT2D eigenvalue weighted by Gasteiger charge is -2.46. The minimum absolute atomic E-state index is 0.136. The van der Waals surface area contributed by atoms with Crippen molar-refractivity contribution in [3.8, 4) is 5.75 Å². The molecule has 0 radical (unpaired) electrons. The molecule has 6 rings (SSSR count). The second-order valence-electron chi connectivity index (χ2n) is 10.4. The number of thioether (sulfide) groups is 2. The zero-order chi connectivity index (χ0) is 23.6. The predicted octanol–water partition coefficient (Wildman–Crippen LogP) is 7.36. The second-order valence-corrected chi connectivity index (χ2v) is 13.3. The molecule has 0 unspecified atom stereocenters. The summed E-state index contributed by atoms with van der Waals surface area (Å²) in [6, 6.07) is 28.6. The molecule has 3 nitrogen and oxygen atoms in total. The molecule has 34 heavy (non-hydrogen) atoms. The van der Waals surface area contributed by atoms with Crippen molar-refractivity contribution in [3.63, 3.8) is 0 Å². The van der Waals surface area contributed by atoms with Gasteiger partial charge in [-0.05, 0) is 75.1 Å². The lowest BCUT2D eigenvalue weighted by Crippen LogP contribution is -2.52. The van der Waals surface area contributed by atoms with Crippen LogP contribution in [0.2, 0.25) is 0 Å². The van der Waals surface area contributed by atoms with E-state index in [-0.39, 0.29) is 15.3 Å². The van der Waals surface area contributed by atoms with Crippen molar-refractivity contribution in [2.45, 2.75) is 53.8 Å². The van der Waals surface area contributed by atoms with Gasteiger partial charge in [0.1, 0.15) is 20.5 Å². The Morgan fingerprint density at radius 1 is 0.971 bits per heavy atom. The van der Waals surface area contributed by atoms with Gasteiger partial charge in [0.2, 0.25) is 0 Å². The van der Waals surface area contributed by atoms with Gasteiger partial charge in [0.15, 0.2) is 0 Å². The van der Waals surface area contributed by atoms with Gasteiger partial charge in [0, 0.05) is 16.5 Å². The number of rotatable bonds is 4. The standard InChI is InChI=1S/C29H30N2OS2/c1-27(2,3)30-26-29(21-14-16-23(32-4)17-15-21)22-18-20-10-8-9-13-25(20)31(29)28(19-22,34-26)33-24-11-6-5-7-12-24/h5-17,22H,18-19H2,1-4H3/t22-,28-,29-/m0/s1. The number of nitrogens with zero attached hydrogens (tertiary/aromatic N) is 2. The van der Waals surface area contributed by atoms with Gasteiger partial charge in [-0.25, -0.2) is 0 Å². The van der Waals surface area contributed by atoms with Crippen molar-refractivity contribution in [1.82, 2.24) is 0 Å². The van der Waals surface area contributed by atoms with Crippen LogP contribution in [0, 0.1) is 5.92 Å². The molecule has 0 aromatic heterocycles. The molecule has 174 valence electrons. The van der Waals surface area contributed by atoms with E-state index in [0.717, 1.165) is 18.6 Å². The van der Waals surface area contributed by atoms with E-state index < -0.39 is 0 Å². The minimum atomic E-state index is -0.264. The Morgan fingerprint density at radius 3 is 2.38 bits per heavy atom. The fraction of sp³-hybridized carbons (Fsp3) is 0.345. The molecule has 0 spiro atoms. The summed E-state index contributed by atoms with van der Waals surface area (Å²) >= 11 is 3.98. The van der Waals surface area contributed by atoms with Crippen LogP contribution in [-0.2, 0) is 12.0 Å². The van der Waals surface area contributed by atoms with Crippen molar-refractivity contribution in [2.24, 2.45) is 10.9 Å². The van der Waals surface area contributed by atoms with Gasteiger partial charge in [-0.2, -0.15) is 0 Å². The molecule has 3 atom stereocenters. The summed E-state index contributed by atoms with van der Waals surface area (Å²) in [5, 5.41) is 1.25. The molecule has 0 amide bonds. The number of hydrogen-bond acceptors (Lipinski definition) is 5. The third kappa shape index (κ3) is 3.24. The molecule has 3 heterocycles. The second kappa shape index (κ2) is 7.82. The summed E-state index contributed by atoms with van der Waals surface area (Å²) in [7, 11) is 1.73. The van der Waals surface area contributed by atoms with Gasteiger partial charge in [-0.1, -0.05) is 72.1 Å². The Labute approximate surface area is 211 Å². The summed E-state index contributed by atoms with van der Waals surface area (Å²) in [5.41, 5.74) is 3.70. The van der Waals surface area contributed by atoms with Crippen LogP contribution in [0.25, 0.3) is 0 Å². The predicted molar refractivity (Wildman–Crippen MR) is 145 cm³/mol. The van der Waals surface area contributed by atoms with Crippen molar-refractivity contribution >= 4 is 34.3 Å². The first-order valence-corrected chi connectivity index (χ1v) is 13.6. The van der Waals surface area contributed by atoms with Gasteiger partial charge < -0.3 is 9.64 Å². The number of aliphatic imine (C=N–C) groups is 1. The first-order valence-electron chi connectivity index (χ1n) is 11.9. The molecule has 0 N–H and O–H groups in total. The number of hydrogen-bond donors (Lipinski definition) is 0. The van der Waals surface area contributed by atoms with Crippen molar-refractivity contribution in [1.29, 1.82) is 0 Å². The van der Waals surface area contributed by atoms with Gasteiger partial charge >= 0.3 is 0 Å². The molecule has 2 saturated heterocycles. The summed E-state index contributed by atoms with van der Waals surface area (Å²) in [5.74, 6) is 1.35. The van der Waals surface area contributed by atoms with Crippen molar-refractivity contribution in [3.05, 3.63) is 90.0 Å². The zero-order valence-corrected chi connectivity index (χ0v) is 21.7. The van der Waals surface area contributed by atoms with E-state index in [1.54, 1.807) is 7.11 Å². The molecule has 0 aliphatic carbocycles. The maximum atomic E-state index is 5.51. The SMILES string of the molecule is COc1ccc([C@@]23C(=NC(C)(C)C)S[C@@]4(Sc5ccccc5)C[C@@H]2Cc2ccccc2N43)cc1. The summed E-state index contributed by atoms with van der Waals surface area (Å²) in [6.45, 7) is 6.64. The fourth-order valence-corrected chi connectivity index (χ4v) is 9.62. The van der Waals surface area contributed by atoms with Gasteiger partial charge in [-0.15, -0.1) is 0 Å². The summed E-state index contributed by atoms with van der Waals surface area (Å²) < 4.78 is 5.38. The summed E-state index contributed by atoms with van der Waals surface area (Å²) in [4.78, 5) is 9.46. The lowest BCUT2D eigenvalue weighted by atomic mass is 9.73. The number of anilines is 1. The Bertz CT molecular complexity index is 1250. The Balaban J connectivity index is 1.61. The molecule has 0 saturated carbocycles. The number of para-hydroxylation sites is 1. The molecule has 3 aromatic carbocycles. The Morgan fingerprint density at radius 2 is 1.68 bits per heavy atom. The maximum absolute atomic E-state index is 5.51. The lowest BCUT2D eigenvalue weighted by molar-refractivity contribution is 0.393. The van der Waals surface area contributed by atoms with Crippen LogP contribution >= 0.6 is 23.5 Å². The van der Waals surface area contributed by atoms with Crippen LogP contribution in [-0.4, -0.2) is 21.9 Å². The molecule has 4 bridgehead atoms. The minimum Gasteiger partial charge on any atom is -0.497 e.